The van der Waals surface area contributed by atoms with Gasteiger partial charge in [-0.3, -0.25) is 4.52 Å². The van der Waals surface area contributed by atoms with E-state index >= 15 is 0 Å². The molecule has 0 spiro atoms. The summed E-state index contributed by atoms with van der Waals surface area (Å²) in [6, 6.07) is 11.8. The molecule has 0 amide bonds. The first kappa shape index (κ1) is 30.3. The van der Waals surface area contributed by atoms with Gasteiger partial charge in [-0.2, -0.15) is 0 Å². The molecule has 3 rings (SSSR count). The van der Waals surface area contributed by atoms with E-state index in [0.29, 0.717) is 12.2 Å². The minimum atomic E-state index is -4.52. The van der Waals surface area contributed by atoms with Crippen LogP contribution in [0.5, 0.6) is 5.75 Å². The Bertz CT molecular complexity index is 939. The maximum Gasteiger partial charge on any atom is 0.469 e. The Morgan fingerprint density at radius 3 is 2.39 bits per heavy atom. The monoisotopic (exact) mass is 521 g/mol. The highest BCUT2D eigenvalue weighted by Gasteiger charge is 2.33. The number of phosphoric ester groups is 1. The molecule has 0 aliphatic heterocycles. The first-order valence-corrected chi connectivity index (χ1v) is 14.7. The van der Waals surface area contributed by atoms with Crippen LogP contribution in [-0.4, -0.2) is 33.5 Å². The average Bonchev–Trinajstić information content (AvgIpc) is 3.25. The van der Waals surface area contributed by atoms with E-state index in [1.54, 1.807) is 6.20 Å². The molecule has 1 heterocycles. The molecule has 1 aromatic carbocycles. The van der Waals surface area contributed by atoms with Crippen LogP contribution >= 0.6 is 7.82 Å². The Morgan fingerprint density at radius 1 is 0.972 bits per heavy atom. The topological polar surface area (TPSA) is 136 Å². The molecule has 0 saturated heterocycles. The number of aromatic nitrogens is 1. The summed E-state index contributed by atoms with van der Waals surface area (Å²) in [5.74, 6) is 1.52. The summed E-state index contributed by atoms with van der Waals surface area (Å²) in [5, 5.41) is 3.30. The summed E-state index contributed by atoms with van der Waals surface area (Å²) in [4.78, 5) is 22.7. The van der Waals surface area contributed by atoms with Gasteiger partial charge in [-0.15, -0.1) is 0 Å². The van der Waals surface area contributed by atoms with Gasteiger partial charge in [0.25, 0.3) is 0 Å². The number of nitrogens with one attached hydrogen (secondary N) is 1. The standard InChI is InChI=1S/C27H41N2O5P.H3N/c1-2-3-4-5-6-7-8-9-10-19-33-24-14-11-13-22(20-24)23-17-18-28-27(21-23)29-25-15-12-16-26(25)34-35(30,31)32;/h11,13-14,17-18,20-21,25-26H,2-10,12,15-16,19H2,1H3,(H,28,29)(H2,30,31,32);1H3/t25-,26+;/m0./s1. The van der Waals surface area contributed by atoms with E-state index in [-0.39, 0.29) is 12.2 Å². The number of rotatable bonds is 16. The SMILES string of the molecule is CCCCCCCCCCCOc1cccc(-c2ccnc(N[C@H]3CCC[C@H]3OP(=O)(O)O)c2)c1.N. The number of benzene rings is 1. The lowest BCUT2D eigenvalue weighted by Gasteiger charge is -2.22. The predicted octanol–water partition coefficient (Wildman–Crippen LogP) is 7.26. The molecule has 36 heavy (non-hydrogen) atoms. The highest BCUT2D eigenvalue weighted by atomic mass is 31.2. The number of pyridine rings is 1. The van der Waals surface area contributed by atoms with Crippen LogP contribution in [0.1, 0.15) is 84.0 Å². The number of anilines is 1. The van der Waals surface area contributed by atoms with Crippen molar-refractivity contribution in [1.82, 2.24) is 11.1 Å². The molecule has 9 heteroatoms. The molecule has 0 radical (unpaired) electrons. The third-order valence-electron chi connectivity index (χ3n) is 6.50. The number of hydrogen-bond acceptors (Lipinski definition) is 6. The van der Waals surface area contributed by atoms with E-state index < -0.39 is 13.9 Å². The molecule has 0 bridgehead atoms. The van der Waals surface area contributed by atoms with Gasteiger partial charge in [0.05, 0.1) is 18.8 Å². The molecule has 1 aliphatic carbocycles. The summed E-state index contributed by atoms with van der Waals surface area (Å²) in [7, 11) is -4.52. The minimum absolute atomic E-state index is 0. The van der Waals surface area contributed by atoms with Gasteiger partial charge in [-0.1, -0.05) is 70.4 Å². The molecule has 1 saturated carbocycles. The zero-order valence-electron chi connectivity index (χ0n) is 21.6. The molecule has 2 aromatic rings. The van der Waals surface area contributed by atoms with Crippen molar-refractivity contribution in [2.45, 2.75) is 96.1 Å². The molecular weight excluding hydrogens is 477 g/mol. The molecule has 202 valence electrons. The van der Waals surface area contributed by atoms with E-state index in [1.165, 1.54) is 51.4 Å². The van der Waals surface area contributed by atoms with Crippen molar-refractivity contribution in [3.05, 3.63) is 42.6 Å². The van der Waals surface area contributed by atoms with Crippen LogP contribution in [0.4, 0.5) is 5.82 Å². The molecule has 0 unspecified atom stereocenters. The Balaban J connectivity index is 0.00000456. The molecular formula is C27H44N3O5P. The van der Waals surface area contributed by atoms with E-state index in [9.17, 15) is 4.57 Å². The number of hydrogen-bond donors (Lipinski definition) is 4. The normalized spacial score (nSPS) is 17.5. The van der Waals surface area contributed by atoms with Crippen molar-refractivity contribution in [1.29, 1.82) is 0 Å². The summed E-state index contributed by atoms with van der Waals surface area (Å²) in [6.07, 6.45) is 15.1. The largest absolute Gasteiger partial charge is 0.494 e. The molecule has 1 aliphatic rings. The second kappa shape index (κ2) is 16.0. The van der Waals surface area contributed by atoms with E-state index in [2.05, 4.69) is 17.2 Å². The van der Waals surface area contributed by atoms with Gasteiger partial charge in [0.1, 0.15) is 11.6 Å². The third-order valence-corrected chi connectivity index (χ3v) is 7.05. The van der Waals surface area contributed by atoms with Crippen molar-refractivity contribution >= 4 is 13.6 Å². The highest BCUT2D eigenvalue weighted by Crippen LogP contribution is 2.42. The Morgan fingerprint density at radius 2 is 1.67 bits per heavy atom. The summed E-state index contributed by atoms with van der Waals surface area (Å²) >= 11 is 0. The van der Waals surface area contributed by atoms with E-state index in [4.69, 9.17) is 19.0 Å². The van der Waals surface area contributed by atoms with Crippen molar-refractivity contribution < 1.29 is 23.6 Å². The zero-order chi connectivity index (χ0) is 24.9. The summed E-state index contributed by atoms with van der Waals surface area (Å²) in [5.41, 5.74) is 2.04. The fourth-order valence-electron chi connectivity index (χ4n) is 4.64. The van der Waals surface area contributed by atoms with Crippen LogP contribution in [0.25, 0.3) is 11.1 Å². The van der Waals surface area contributed by atoms with Gasteiger partial charge in [-0.25, -0.2) is 9.55 Å². The third kappa shape index (κ3) is 11.0. The van der Waals surface area contributed by atoms with Crippen LogP contribution in [0, 0.1) is 0 Å². The Labute approximate surface area is 216 Å². The van der Waals surface area contributed by atoms with E-state index in [1.807, 2.05) is 36.4 Å². The van der Waals surface area contributed by atoms with Gasteiger partial charge < -0.3 is 26.0 Å². The van der Waals surface area contributed by atoms with Crippen molar-refractivity contribution in [3.8, 4) is 16.9 Å². The van der Waals surface area contributed by atoms with Gasteiger partial charge in [0.15, 0.2) is 0 Å². The van der Waals surface area contributed by atoms with Crippen molar-refractivity contribution in [3.63, 3.8) is 0 Å². The van der Waals surface area contributed by atoms with Gasteiger partial charge >= 0.3 is 7.82 Å². The van der Waals surface area contributed by atoms with Crippen LogP contribution in [0.3, 0.4) is 0 Å². The number of unbranched alkanes of at least 4 members (excludes halogenated alkanes) is 8. The number of phosphoric acid groups is 1. The molecule has 8 nitrogen and oxygen atoms in total. The average molecular weight is 522 g/mol. The highest BCUT2D eigenvalue weighted by molar-refractivity contribution is 7.46. The minimum Gasteiger partial charge on any atom is -0.494 e. The molecule has 2 atom stereocenters. The first-order valence-electron chi connectivity index (χ1n) is 13.1. The Hall–Kier alpha value is -1.96. The van der Waals surface area contributed by atoms with Crippen molar-refractivity contribution in [2.75, 3.05) is 11.9 Å². The number of nitrogens with zero attached hydrogens (tertiary/aromatic N) is 1. The lowest BCUT2D eigenvalue weighted by molar-refractivity contribution is 0.130. The van der Waals surface area contributed by atoms with E-state index in [0.717, 1.165) is 42.7 Å². The molecule has 1 fully saturated rings. The smallest absolute Gasteiger partial charge is 0.469 e. The van der Waals surface area contributed by atoms with Crippen molar-refractivity contribution in [2.24, 2.45) is 0 Å². The summed E-state index contributed by atoms with van der Waals surface area (Å²) < 4.78 is 22.2. The fourth-order valence-corrected chi connectivity index (χ4v) is 5.25. The maximum absolute atomic E-state index is 11.3. The molecule has 1 aromatic heterocycles. The Kier molecular flexibility index (Phi) is 13.5. The zero-order valence-corrected chi connectivity index (χ0v) is 22.5. The molecule has 6 N–H and O–H groups in total. The maximum atomic E-state index is 11.3. The lowest BCUT2D eigenvalue weighted by Crippen LogP contribution is -2.30. The number of ether oxygens (including phenoxy) is 1. The first-order chi connectivity index (χ1) is 16.9. The lowest BCUT2D eigenvalue weighted by atomic mass is 10.1. The second-order valence-electron chi connectivity index (χ2n) is 9.45. The van der Waals surface area contributed by atoms with Crippen LogP contribution in [0.15, 0.2) is 42.6 Å². The quantitative estimate of drug-likeness (QED) is 0.134. The van der Waals surface area contributed by atoms with Gasteiger partial charge in [0.2, 0.25) is 0 Å². The van der Waals surface area contributed by atoms with Crippen LogP contribution < -0.4 is 16.2 Å². The summed E-state index contributed by atoms with van der Waals surface area (Å²) in [6.45, 7) is 2.98. The fraction of sp³-hybridized carbons (Fsp3) is 0.593. The van der Waals surface area contributed by atoms with Crippen LogP contribution in [-0.2, 0) is 9.09 Å². The van der Waals surface area contributed by atoms with Gasteiger partial charge in [0, 0.05) is 6.20 Å². The van der Waals surface area contributed by atoms with Gasteiger partial charge in [-0.05, 0) is 61.1 Å². The van der Waals surface area contributed by atoms with Crippen LogP contribution in [0.2, 0.25) is 0 Å². The predicted molar refractivity (Wildman–Crippen MR) is 146 cm³/mol. The second-order valence-corrected chi connectivity index (χ2v) is 10.6.